The summed E-state index contributed by atoms with van der Waals surface area (Å²) < 4.78 is 1.54. The standard InChI is InChI=1S/C23H20ClN5O/c1-15-3-5-18(6-4-15)19-11-20(13-22(12-19)29-14-25-27-28-29)23(30)26-16(2)17-7-9-21(24)10-8-17/h3-14,16H,1-2H3,(H,26,30). The van der Waals surface area contributed by atoms with E-state index in [0.717, 1.165) is 16.7 Å². The lowest BCUT2D eigenvalue weighted by atomic mass is 10.00. The van der Waals surface area contributed by atoms with Gasteiger partial charge in [-0.05, 0) is 71.3 Å². The first kappa shape index (κ1) is 19.8. The van der Waals surface area contributed by atoms with Crippen LogP contribution in [0.15, 0.2) is 73.1 Å². The summed E-state index contributed by atoms with van der Waals surface area (Å²) in [7, 11) is 0. The van der Waals surface area contributed by atoms with Crippen molar-refractivity contribution in [2.75, 3.05) is 0 Å². The number of hydrogen-bond acceptors (Lipinski definition) is 4. The van der Waals surface area contributed by atoms with Gasteiger partial charge in [0, 0.05) is 10.6 Å². The fraction of sp³-hybridized carbons (Fsp3) is 0.130. The summed E-state index contributed by atoms with van der Waals surface area (Å²) in [6.45, 7) is 3.98. The molecule has 4 aromatic rings. The van der Waals surface area contributed by atoms with Crippen molar-refractivity contribution in [2.24, 2.45) is 0 Å². The number of tetrazole rings is 1. The van der Waals surface area contributed by atoms with Gasteiger partial charge >= 0.3 is 0 Å². The zero-order chi connectivity index (χ0) is 21.1. The van der Waals surface area contributed by atoms with E-state index in [-0.39, 0.29) is 11.9 Å². The van der Waals surface area contributed by atoms with Crippen molar-refractivity contribution in [2.45, 2.75) is 19.9 Å². The van der Waals surface area contributed by atoms with Gasteiger partial charge in [0.15, 0.2) is 0 Å². The number of nitrogens with one attached hydrogen (secondary N) is 1. The van der Waals surface area contributed by atoms with Crippen LogP contribution < -0.4 is 5.32 Å². The van der Waals surface area contributed by atoms with Crippen LogP contribution >= 0.6 is 11.6 Å². The molecule has 30 heavy (non-hydrogen) atoms. The van der Waals surface area contributed by atoms with E-state index in [0.29, 0.717) is 16.3 Å². The molecule has 150 valence electrons. The number of halogens is 1. The summed E-state index contributed by atoms with van der Waals surface area (Å²) in [6, 6.07) is 21.0. The third kappa shape index (κ3) is 4.39. The second kappa shape index (κ2) is 8.47. The predicted octanol–water partition coefficient (Wildman–Crippen LogP) is 4.78. The minimum atomic E-state index is -0.180. The van der Waals surface area contributed by atoms with Crippen molar-refractivity contribution in [1.82, 2.24) is 25.5 Å². The molecule has 1 N–H and O–H groups in total. The van der Waals surface area contributed by atoms with Crippen LogP contribution in [0.1, 0.15) is 34.5 Å². The molecule has 0 aliphatic heterocycles. The van der Waals surface area contributed by atoms with E-state index in [4.69, 9.17) is 11.6 Å². The first-order valence-corrected chi connectivity index (χ1v) is 9.89. The van der Waals surface area contributed by atoms with Gasteiger partial charge in [-0.15, -0.1) is 5.10 Å². The Morgan fingerprint density at radius 3 is 2.40 bits per heavy atom. The van der Waals surface area contributed by atoms with Crippen molar-refractivity contribution in [3.8, 4) is 16.8 Å². The molecule has 0 fully saturated rings. The second-order valence-corrected chi connectivity index (χ2v) is 7.57. The lowest BCUT2D eigenvalue weighted by Gasteiger charge is -2.16. The molecule has 0 radical (unpaired) electrons. The Kier molecular flexibility index (Phi) is 5.59. The van der Waals surface area contributed by atoms with E-state index in [9.17, 15) is 4.79 Å². The molecule has 0 spiro atoms. The summed E-state index contributed by atoms with van der Waals surface area (Å²) in [5.41, 5.74) is 5.30. The van der Waals surface area contributed by atoms with Crippen molar-refractivity contribution < 1.29 is 4.79 Å². The summed E-state index contributed by atoms with van der Waals surface area (Å²) in [5.74, 6) is -0.180. The van der Waals surface area contributed by atoms with Crippen LogP contribution in [0.5, 0.6) is 0 Å². The summed E-state index contributed by atoms with van der Waals surface area (Å²) >= 11 is 5.96. The summed E-state index contributed by atoms with van der Waals surface area (Å²) in [6.07, 6.45) is 1.51. The van der Waals surface area contributed by atoms with Crippen LogP contribution in [-0.2, 0) is 0 Å². The van der Waals surface area contributed by atoms with Gasteiger partial charge in [0.25, 0.3) is 5.91 Å². The van der Waals surface area contributed by atoms with E-state index < -0.39 is 0 Å². The molecule has 0 aliphatic carbocycles. The summed E-state index contributed by atoms with van der Waals surface area (Å²) in [5, 5.41) is 15.1. The SMILES string of the molecule is Cc1ccc(-c2cc(C(=O)NC(C)c3ccc(Cl)cc3)cc(-n3cnnn3)c2)cc1. The fourth-order valence-electron chi connectivity index (χ4n) is 3.18. The van der Waals surface area contributed by atoms with Gasteiger partial charge in [-0.3, -0.25) is 4.79 Å². The van der Waals surface area contributed by atoms with Gasteiger partial charge in [0.1, 0.15) is 6.33 Å². The number of aryl methyl sites for hydroxylation is 1. The number of carbonyl (C=O) groups is 1. The van der Waals surface area contributed by atoms with E-state index in [1.807, 2.05) is 74.5 Å². The third-order valence-corrected chi connectivity index (χ3v) is 5.15. The minimum Gasteiger partial charge on any atom is -0.346 e. The number of benzene rings is 3. The first-order valence-electron chi connectivity index (χ1n) is 9.51. The van der Waals surface area contributed by atoms with Gasteiger partial charge in [0.05, 0.1) is 11.7 Å². The lowest BCUT2D eigenvalue weighted by Crippen LogP contribution is -2.26. The Bertz CT molecular complexity index is 1160. The maximum absolute atomic E-state index is 13.1. The largest absolute Gasteiger partial charge is 0.346 e. The van der Waals surface area contributed by atoms with Crippen LogP contribution in [-0.4, -0.2) is 26.1 Å². The molecule has 4 rings (SSSR count). The number of hydrogen-bond donors (Lipinski definition) is 1. The van der Waals surface area contributed by atoms with Crippen molar-refractivity contribution in [1.29, 1.82) is 0 Å². The molecule has 0 bridgehead atoms. The Morgan fingerprint density at radius 2 is 1.73 bits per heavy atom. The molecular weight excluding hydrogens is 398 g/mol. The molecular formula is C23H20ClN5O. The Morgan fingerprint density at radius 1 is 1.00 bits per heavy atom. The average molecular weight is 418 g/mol. The van der Waals surface area contributed by atoms with Crippen LogP contribution in [0.4, 0.5) is 0 Å². The molecule has 3 aromatic carbocycles. The van der Waals surface area contributed by atoms with E-state index >= 15 is 0 Å². The molecule has 0 saturated heterocycles. The maximum Gasteiger partial charge on any atom is 0.251 e. The lowest BCUT2D eigenvalue weighted by molar-refractivity contribution is 0.0940. The quantitative estimate of drug-likeness (QED) is 0.507. The Balaban J connectivity index is 1.68. The molecule has 1 atom stereocenters. The summed E-state index contributed by atoms with van der Waals surface area (Å²) in [4.78, 5) is 13.1. The van der Waals surface area contributed by atoms with Gasteiger partial charge in [0.2, 0.25) is 0 Å². The Labute approximate surface area is 179 Å². The van der Waals surface area contributed by atoms with Crippen molar-refractivity contribution >= 4 is 17.5 Å². The van der Waals surface area contributed by atoms with E-state index in [2.05, 4.69) is 20.8 Å². The molecule has 7 heteroatoms. The van der Waals surface area contributed by atoms with Gasteiger partial charge in [-0.1, -0.05) is 53.6 Å². The van der Waals surface area contributed by atoms with Gasteiger partial charge in [-0.2, -0.15) is 0 Å². The first-order chi connectivity index (χ1) is 14.5. The molecule has 0 aliphatic rings. The van der Waals surface area contributed by atoms with Crippen LogP contribution in [0.2, 0.25) is 5.02 Å². The van der Waals surface area contributed by atoms with Gasteiger partial charge in [-0.25, -0.2) is 4.68 Å². The third-order valence-electron chi connectivity index (χ3n) is 4.90. The number of aromatic nitrogens is 4. The highest BCUT2D eigenvalue weighted by Crippen LogP contribution is 2.25. The molecule has 0 saturated carbocycles. The normalized spacial score (nSPS) is 11.8. The van der Waals surface area contributed by atoms with E-state index in [1.54, 1.807) is 6.07 Å². The number of carbonyl (C=O) groups excluding carboxylic acids is 1. The van der Waals surface area contributed by atoms with Crippen LogP contribution in [0.25, 0.3) is 16.8 Å². The van der Waals surface area contributed by atoms with Crippen LogP contribution in [0.3, 0.4) is 0 Å². The Hall–Kier alpha value is -3.51. The highest BCUT2D eigenvalue weighted by molar-refractivity contribution is 6.30. The molecule has 1 unspecified atom stereocenters. The molecule has 1 aromatic heterocycles. The number of rotatable bonds is 5. The number of amides is 1. The van der Waals surface area contributed by atoms with Crippen molar-refractivity contribution in [3.63, 3.8) is 0 Å². The van der Waals surface area contributed by atoms with Gasteiger partial charge < -0.3 is 5.32 Å². The highest BCUT2D eigenvalue weighted by atomic mass is 35.5. The monoisotopic (exact) mass is 417 g/mol. The highest BCUT2D eigenvalue weighted by Gasteiger charge is 2.15. The second-order valence-electron chi connectivity index (χ2n) is 7.14. The topological polar surface area (TPSA) is 72.7 Å². The maximum atomic E-state index is 13.1. The van der Waals surface area contributed by atoms with Crippen molar-refractivity contribution in [3.05, 3.63) is 94.8 Å². The van der Waals surface area contributed by atoms with Crippen LogP contribution in [0, 0.1) is 6.92 Å². The number of nitrogens with zero attached hydrogens (tertiary/aromatic N) is 4. The minimum absolute atomic E-state index is 0.172. The zero-order valence-corrected chi connectivity index (χ0v) is 17.3. The predicted molar refractivity (Wildman–Crippen MR) is 117 cm³/mol. The fourth-order valence-corrected chi connectivity index (χ4v) is 3.31. The smallest absolute Gasteiger partial charge is 0.251 e. The molecule has 6 nitrogen and oxygen atoms in total. The van der Waals surface area contributed by atoms with E-state index in [1.165, 1.54) is 16.6 Å². The zero-order valence-electron chi connectivity index (χ0n) is 16.6. The average Bonchev–Trinajstić information content (AvgIpc) is 3.29. The molecule has 1 heterocycles. The molecule has 1 amide bonds.